The minimum absolute atomic E-state index is 0.377. The van der Waals surface area contributed by atoms with Gasteiger partial charge in [0.15, 0.2) is 0 Å². The highest BCUT2D eigenvalue weighted by Crippen LogP contribution is 2.48. The molecule has 6 rings (SSSR count). The van der Waals surface area contributed by atoms with Crippen molar-refractivity contribution in [3.8, 4) is 0 Å². The highest BCUT2D eigenvalue weighted by Gasteiger charge is 2.50. The maximum Gasteiger partial charge on any atom is 0.352 e. The van der Waals surface area contributed by atoms with Crippen molar-refractivity contribution in [1.29, 1.82) is 0 Å². The van der Waals surface area contributed by atoms with Crippen LogP contribution in [0.4, 0.5) is 0 Å². The first kappa shape index (κ1) is 24.3. The number of benzene rings is 4. The van der Waals surface area contributed by atoms with E-state index >= 15 is 0 Å². The van der Waals surface area contributed by atoms with Crippen molar-refractivity contribution in [2.24, 2.45) is 0 Å². The lowest BCUT2D eigenvalue weighted by Gasteiger charge is -2.46. The molecule has 1 unspecified atom stereocenters. The van der Waals surface area contributed by atoms with Gasteiger partial charge in [0.1, 0.15) is 17.1 Å². The average molecular weight is 523 g/mol. The molecular formula is C31H27ClN4O2. The van der Waals surface area contributed by atoms with Gasteiger partial charge < -0.3 is 4.84 Å². The standard InChI is InChI=1S/C31H27ClN4O2/c1-22-17-19-24(20-18-22)31(23-10-3-2-4-11-23,25-12-5-6-13-26(25)32)35-21-9-16-29(35)30(37)38-36-28-15-8-7-14-27(28)33-34-36/h2-8,10-15,17-20,29H,9,16,21H2,1H3/t29-,31?/m0/s1. The van der Waals surface area contributed by atoms with Crippen molar-refractivity contribution in [2.45, 2.75) is 31.3 Å². The number of para-hydroxylation sites is 1. The van der Waals surface area contributed by atoms with Crippen LogP contribution in [0.25, 0.3) is 11.0 Å². The summed E-state index contributed by atoms with van der Waals surface area (Å²) in [7, 11) is 0. The first-order valence-corrected chi connectivity index (χ1v) is 13.1. The normalized spacial score (nSPS) is 17.4. The molecule has 38 heavy (non-hydrogen) atoms. The fourth-order valence-corrected chi connectivity index (χ4v) is 5.94. The number of fused-ring (bicyclic) bond motifs is 1. The maximum absolute atomic E-state index is 13.9. The number of hydrogen-bond donors (Lipinski definition) is 0. The fourth-order valence-electron chi connectivity index (χ4n) is 5.67. The lowest BCUT2D eigenvalue weighted by atomic mass is 9.75. The summed E-state index contributed by atoms with van der Waals surface area (Å²) in [6.07, 6.45) is 1.49. The van der Waals surface area contributed by atoms with Crippen LogP contribution in [0.3, 0.4) is 0 Å². The number of hydrogen-bond acceptors (Lipinski definition) is 5. The molecule has 0 spiro atoms. The van der Waals surface area contributed by atoms with Gasteiger partial charge in [-0.1, -0.05) is 107 Å². The molecule has 0 radical (unpaired) electrons. The molecule has 2 atom stereocenters. The van der Waals surface area contributed by atoms with Crippen molar-refractivity contribution in [3.63, 3.8) is 0 Å². The van der Waals surface area contributed by atoms with Crippen LogP contribution in [0.2, 0.25) is 5.02 Å². The number of carbonyl (C=O) groups excluding carboxylic acids is 1. The van der Waals surface area contributed by atoms with Gasteiger partial charge in [0.05, 0.1) is 5.54 Å². The Morgan fingerprint density at radius 2 is 1.58 bits per heavy atom. The first-order chi connectivity index (χ1) is 18.6. The highest BCUT2D eigenvalue weighted by molar-refractivity contribution is 6.31. The molecular weight excluding hydrogens is 496 g/mol. The van der Waals surface area contributed by atoms with Crippen LogP contribution < -0.4 is 4.84 Å². The Morgan fingerprint density at radius 3 is 2.37 bits per heavy atom. The summed E-state index contributed by atoms with van der Waals surface area (Å²) in [6, 6.07) is 33.5. The van der Waals surface area contributed by atoms with Crippen LogP contribution in [0.15, 0.2) is 103 Å². The SMILES string of the molecule is Cc1ccc(C(c2ccccc2)(c2ccccc2Cl)N2CCC[C@H]2C(=O)On2nnc3ccccc32)cc1. The number of halogens is 1. The topological polar surface area (TPSA) is 60.2 Å². The van der Waals surface area contributed by atoms with E-state index in [9.17, 15) is 4.79 Å². The zero-order valence-electron chi connectivity index (χ0n) is 21.0. The van der Waals surface area contributed by atoms with E-state index in [1.54, 1.807) is 0 Å². The van der Waals surface area contributed by atoms with Crippen molar-refractivity contribution in [1.82, 2.24) is 20.1 Å². The summed E-state index contributed by atoms with van der Waals surface area (Å²) < 4.78 is 0. The van der Waals surface area contributed by atoms with Crippen LogP contribution in [0, 0.1) is 6.92 Å². The molecule has 7 heteroatoms. The summed E-state index contributed by atoms with van der Waals surface area (Å²) in [5.74, 6) is -0.377. The van der Waals surface area contributed by atoms with Crippen molar-refractivity contribution < 1.29 is 9.63 Å². The number of carbonyl (C=O) groups is 1. The summed E-state index contributed by atoms with van der Waals surface area (Å²) in [5.41, 5.74) is 4.63. The van der Waals surface area contributed by atoms with Gasteiger partial charge in [0, 0.05) is 11.6 Å². The van der Waals surface area contributed by atoms with E-state index in [4.69, 9.17) is 16.4 Å². The molecule has 0 aliphatic carbocycles. The van der Waals surface area contributed by atoms with E-state index < -0.39 is 11.6 Å². The Balaban J connectivity index is 1.52. The van der Waals surface area contributed by atoms with Gasteiger partial charge in [-0.25, -0.2) is 4.79 Å². The molecule has 0 amide bonds. The van der Waals surface area contributed by atoms with E-state index in [0.717, 1.165) is 28.7 Å². The quantitative estimate of drug-likeness (QED) is 0.208. The maximum atomic E-state index is 13.9. The molecule has 0 saturated carbocycles. The molecule has 1 aliphatic heterocycles. The summed E-state index contributed by atoms with van der Waals surface area (Å²) in [5, 5.41) is 8.85. The summed E-state index contributed by atoms with van der Waals surface area (Å²) >= 11 is 6.96. The van der Waals surface area contributed by atoms with Crippen LogP contribution in [0.1, 0.15) is 35.1 Å². The molecule has 0 bridgehead atoms. The third-order valence-corrected chi connectivity index (χ3v) is 7.71. The lowest BCUT2D eigenvalue weighted by Crippen LogP contribution is -2.54. The van der Waals surface area contributed by atoms with Gasteiger partial charge in [-0.15, -0.1) is 5.10 Å². The smallest absolute Gasteiger partial charge is 0.315 e. The van der Waals surface area contributed by atoms with Gasteiger partial charge in [0.2, 0.25) is 0 Å². The van der Waals surface area contributed by atoms with Crippen LogP contribution in [0.5, 0.6) is 0 Å². The van der Waals surface area contributed by atoms with Gasteiger partial charge in [-0.05, 0) is 59.9 Å². The summed E-state index contributed by atoms with van der Waals surface area (Å²) in [6.45, 7) is 2.76. The van der Waals surface area contributed by atoms with E-state index in [2.05, 4.69) is 64.6 Å². The van der Waals surface area contributed by atoms with Crippen molar-refractivity contribution >= 4 is 28.6 Å². The average Bonchev–Trinajstić information content (AvgIpc) is 3.60. The Labute approximate surface area is 226 Å². The second-order valence-corrected chi connectivity index (χ2v) is 10.0. The third-order valence-electron chi connectivity index (χ3n) is 7.38. The predicted molar refractivity (Wildman–Crippen MR) is 148 cm³/mol. The van der Waals surface area contributed by atoms with E-state index in [0.29, 0.717) is 29.0 Å². The Bertz CT molecular complexity index is 1580. The van der Waals surface area contributed by atoms with Gasteiger partial charge in [-0.2, -0.15) is 0 Å². The minimum atomic E-state index is -0.822. The van der Waals surface area contributed by atoms with Crippen molar-refractivity contribution in [3.05, 3.63) is 130 Å². The highest BCUT2D eigenvalue weighted by atomic mass is 35.5. The van der Waals surface area contributed by atoms with Crippen LogP contribution in [-0.2, 0) is 10.3 Å². The van der Waals surface area contributed by atoms with Gasteiger partial charge in [0.25, 0.3) is 0 Å². The molecule has 0 N–H and O–H groups in total. The second kappa shape index (κ2) is 10.0. The van der Waals surface area contributed by atoms with Gasteiger partial charge >= 0.3 is 5.97 Å². The predicted octanol–water partition coefficient (Wildman–Crippen LogP) is 5.80. The Hall–Kier alpha value is -4.00. The molecule has 5 aromatic rings. The molecule has 4 aromatic carbocycles. The largest absolute Gasteiger partial charge is 0.352 e. The Kier molecular flexibility index (Phi) is 6.44. The molecule has 190 valence electrons. The fraction of sp³-hybridized carbons (Fsp3) is 0.194. The van der Waals surface area contributed by atoms with E-state index in [1.165, 1.54) is 4.85 Å². The van der Waals surface area contributed by atoms with Crippen LogP contribution >= 0.6 is 11.6 Å². The van der Waals surface area contributed by atoms with E-state index in [-0.39, 0.29) is 5.97 Å². The van der Waals surface area contributed by atoms with Crippen molar-refractivity contribution in [2.75, 3.05) is 6.54 Å². The molecule has 2 heterocycles. The zero-order chi connectivity index (χ0) is 26.1. The third kappa shape index (κ3) is 4.06. The minimum Gasteiger partial charge on any atom is -0.315 e. The Morgan fingerprint density at radius 1 is 0.895 bits per heavy atom. The molecule has 6 nitrogen and oxygen atoms in total. The molecule has 1 saturated heterocycles. The number of likely N-dealkylation sites (tertiary alicyclic amines) is 1. The zero-order valence-corrected chi connectivity index (χ0v) is 21.8. The molecule has 1 aromatic heterocycles. The monoisotopic (exact) mass is 522 g/mol. The number of aromatic nitrogens is 3. The van der Waals surface area contributed by atoms with Crippen LogP contribution in [-0.4, -0.2) is 38.6 Å². The number of rotatable bonds is 6. The molecule has 1 fully saturated rings. The number of nitrogens with zero attached hydrogens (tertiary/aromatic N) is 4. The summed E-state index contributed by atoms with van der Waals surface area (Å²) in [4.78, 5) is 23.2. The first-order valence-electron chi connectivity index (χ1n) is 12.8. The second-order valence-electron chi connectivity index (χ2n) is 9.64. The molecule has 1 aliphatic rings. The van der Waals surface area contributed by atoms with E-state index in [1.807, 2.05) is 60.7 Å². The lowest BCUT2D eigenvalue weighted by molar-refractivity contribution is -0.152. The van der Waals surface area contributed by atoms with Gasteiger partial charge in [-0.3, -0.25) is 4.90 Å². The number of aryl methyl sites for hydroxylation is 1.